The lowest BCUT2D eigenvalue weighted by Crippen LogP contribution is -2.17. The summed E-state index contributed by atoms with van der Waals surface area (Å²) in [6.45, 7) is 0. The molecule has 1 rings (SSSR count). The van der Waals surface area contributed by atoms with Crippen molar-refractivity contribution in [2.45, 2.75) is 0 Å². The number of halogens is 2. The molecule has 0 saturated heterocycles. The number of hydrogen-bond donors (Lipinski definition) is 4. The fourth-order valence-electron chi connectivity index (χ4n) is 0.726. The van der Waals surface area contributed by atoms with Crippen LogP contribution in [-0.2, 0) is 4.57 Å². The van der Waals surface area contributed by atoms with Gasteiger partial charge in [0, 0.05) is 5.02 Å². The van der Waals surface area contributed by atoms with E-state index in [0.29, 0.717) is 15.7 Å². The van der Waals surface area contributed by atoms with Gasteiger partial charge in [-0.2, -0.15) is 0 Å². The fraction of sp³-hybridized carbons (Fsp3) is 0. The highest BCUT2D eigenvalue weighted by Crippen LogP contribution is 2.30. The van der Waals surface area contributed by atoms with Crippen molar-refractivity contribution in [3.63, 3.8) is 0 Å². The Kier molecular flexibility index (Phi) is 3.78. The van der Waals surface area contributed by atoms with Gasteiger partial charge in [0.2, 0.25) is 0 Å². The molecule has 0 heterocycles. The predicted molar refractivity (Wildman–Crippen MR) is 55.3 cm³/mol. The van der Waals surface area contributed by atoms with Crippen molar-refractivity contribution in [1.82, 2.24) is 5.20 Å². The molecule has 0 fully saturated rings. The van der Waals surface area contributed by atoms with E-state index in [1.807, 2.05) is 0 Å². The smallest absolute Gasteiger partial charge is 0.311 e. The second-order valence-corrected chi connectivity index (χ2v) is 4.56. The predicted octanol–water partition coefficient (Wildman–Crippen LogP) is 2.00. The first-order chi connectivity index (χ1) is 6.38. The van der Waals surface area contributed by atoms with Crippen LogP contribution >= 0.6 is 30.9 Å². The van der Waals surface area contributed by atoms with Gasteiger partial charge < -0.3 is 15.2 Å². The summed E-state index contributed by atoms with van der Waals surface area (Å²) >= 11 is 11.4. The van der Waals surface area contributed by atoms with Gasteiger partial charge in [0.1, 0.15) is 0 Å². The Morgan fingerprint density at radius 3 is 2.50 bits per heavy atom. The van der Waals surface area contributed by atoms with E-state index in [4.69, 9.17) is 33.0 Å². The van der Waals surface area contributed by atoms with E-state index < -0.39 is 7.75 Å². The van der Waals surface area contributed by atoms with Crippen LogP contribution in [0.1, 0.15) is 0 Å². The van der Waals surface area contributed by atoms with Gasteiger partial charge in [-0.3, -0.25) is 0 Å². The summed E-state index contributed by atoms with van der Waals surface area (Å²) in [6.07, 6.45) is 0. The van der Waals surface area contributed by atoms with Crippen molar-refractivity contribution in [3.8, 4) is 0 Å². The Hall–Kier alpha value is -0.290. The van der Waals surface area contributed by atoms with Crippen molar-refractivity contribution in [2.24, 2.45) is 0 Å². The van der Waals surface area contributed by atoms with Gasteiger partial charge in [0.05, 0.1) is 10.7 Å². The van der Waals surface area contributed by atoms with Gasteiger partial charge >= 0.3 is 7.75 Å². The topological polar surface area (TPSA) is 81.6 Å². The van der Waals surface area contributed by atoms with Crippen molar-refractivity contribution in [3.05, 3.63) is 28.2 Å². The molecule has 0 aliphatic rings. The summed E-state index contributed by atoms with van der Waals surface area (Å²) in [7, 11) is -4.33. The summed E-state index contributed by atoms with van der Waals surface area (Å²) < 4.78 is 10.4. The van der Waals surface area contributed by atoms with Crippen LogP contribution in [0.5, 0.6) is 0 Å². The first-order valence-electron chi connectivity index (χ1n) is 3.42. The van der Waals surface area contributed by atoms with E-state index in [1.165, 1.54) is 12.1 Å². The molecule has 78 valence electrons. The van der Waals surface area contributed by atoms with Crippen LogP contribution in [0.3, 0.4) is 0 Å². The minimum absolute atomic E-state index is 0.294. The third-order valence-corrected chi connectivity index (χ3v) is 2.23. The number of nitrogens with one attached hydrogen (secondary N) is 2. The molecule has 0 atom stereocenters. The van der Waals surface area contributed by atoms with Crippen LogP contribution in [0.4, 0.5) is 5.69 Å². The molecule has 0 amide bonds. The second kappa shape index (κ2) is 4.49. The lowest BCUT2D eigenvalue weighted by Gasteiger charge is -2.10. The molecule has 0 unspecified atom stereocenters. The van der Waals surface area contributed by atoms with Crippen molar-refractivity contribution >= 4 is 36.6 Å². The molecule has 0 radical (unpaired) electrons. The van der Waals surface area contributed by atoms with Gasteiger partial charge in [-0.15, -0.1) is 5.20 Å². The molecule has 0 aliphatic heterocycles. The molecule has 14 heavy (non-hydrogen) atoms. The van der Waals surface area contributed by atoms with Crippen LogP contribution in [0, 0.1) is 0 Å². The van der Waals surface area contributed by atoms with Gasteiger partial charge in [0.15, 0.2) is 0 Å². The highest BCUT2D eigenvalue weighted by Gasteiger charge is 2.11. The molecule has 0 aromatic heterocycles. The van der Waals surface area contributed by atoms with Crippen LogP contribution in [0.2, 0.25) is 10.0 Å². The third-order valence-electron chi connectivity index (χ3n) is 1.26. The van der Waals surface area contributed by atoms with E-state index in [-0.39, 0.29) is 0 Å². The molecule has 8 heteroatoms. The van der Waals surface area contributed by atoms with E-state index >= 15 is 0 Å². The van der Waals surface area contributed by atoms with Crippen LogP contribution in [-0.4, -0.2) is 9.79 Å². The standard InChI is InChI=1S/C6H7Cl2N2O3P/c7-4-1-2-5(8)6(3-4)9-10-14(11,12)13/h1-3,9H,(H3,10,11,12,13). The summed E-state index contributed by atoms with van der Waals surface area (Å²) in [5, 5.41) is 2.49. The summed E-state index contributed by atoms with van der Waals surface area (Å²) in [5.74, 6) is 0. The van der Waals surface area contributed by atoms with Crippen LogP contribution in [0.25, 0.3) is 0 Å². The Morgan fingerprint density at radius 2 is 1.93 bits per heavy atom. The van der Waals surface area contributed by atoms with E-state index in [0.717, 1.165) is 0 Å². The number of anilines is 1. The Morgan fingerprint density at radius 1 is 1.29 bits per heavy atom. The second-order valence-electron chi connectivity index (χ2n) is 2.41. The zero-order valence-electron chi connectivity index (χ0n) is 6.74. The summed E-state index contributed by atoms with van der Waals surface area (Å²) in [6, 6.07) is 4.51. The van der Waals surface area contributed by atoms with Crippen molar-refractivity contribution in [2.75, 3.05) is 5.43 Å². The maximum atomic E-state index is 10.4. The zero-order chi connectivity index (χ0) is 10.8. The van der Waals surface area contributed by atoms with Crippen LogP contribution < -0.4 is 10.6 Å². The van der Waals surface area contributed by atoms with Crippen molar-refractivity contribution < 1.29 is 14.4 Å². The minimum Gasteiger partial charge on any atom is -0.311 e. The molecule has 5 nitrogen and oxygen atoms in total. The van der Waals surface area contributed by atoms with Crippen LogP contribution in [0.15, 0.2) is 18.2 Å². The molecule has 0 bridgehead atoms. The maximum absolute atomic E-state index is 10.4. The van der Waals surface area contributed by atoms with Gasteiger partial charge in [-0.25, -0.2) is 4.57 Å². The number of benzene rings is 1. The first-order valence-corrected chi connectivity index (χ1v) is 5.79. The van der Waals surface area contributed by atoms with E-state index in [2.05, 4.69) is 5.43 Å². The molecule has 0 spiro atoms. The largest absolute Gasteiger partial charge is 0.417 e. The molecule has 1 aromatic rings. The molecular formula is C6H7Cl2N2O3P. The Labute approximate surface area is 90.2 Å². The van der Waals surface area contributed by atoms with Gasteiger partial charge in [-0.1, -0.05) is 23.2 Å². The van der Waals surface area contributed by atoms with E-state index in [9.17, 15) is 4.57 Å². The minimum atomic E-state index is -4.33. The van der Waals surface area contributed by atoms with Gasteiger partial charge in [0.25, 0.3) is 0 Å². The number of hydrazine groups is 1. The van der Waals surface area contributed by atoms with Crippen molar-refractivity contribution in [1.29, 1.82) is 0 Å². The molecule has 0 aliphatic carbocycles. The SMILES string of the molecule is O=P(O)(O)NNc1cc(Cl)ccc1Cl. The summed E-state index contributed by atoms with van der Waals surface area (Å²) in [5.41, 5.74) is 2.56. The zero-order valence-corrected chi connectivity index (χ0v) is 9.14. The average molecular weight is 257 g/mol. The molecule has 0 saturated carbocycles. The summed E-state index contributed by atoms with van der Waals surface area (Å²) in [4.78, 5) is 17.0. The first kappa shape index (κ1) is 11.8. The lowest BCUT2D eigenvalue weighted by molar-refractivity contribution is 0.362. The number of hydrogen-bond acceptors (Lipinski definition) is 2. The average Bonchev–Trinajstić information content (AvgIpc) is 2.05. The highest BCUT2D eigenvalue weighted by atomic mass is 35.5. The monoisotopic (exact) mass is 256 g/mol. The maximum Gasteiger partial charge on any atom is 0.417 e. The molecular weight excluding hydrogens is 250 g/mol. The molecule has 1 aromatic carbocycles. The number of rotatable bonds is 3. The third kappa shape index (κ3) is 3.84. The molecule has 4 N–H and O–H groups in total. The Balaban J connectivity index is 2.76. The van der Waals surface area contributed by atoms with Gasteiger partial charge in [-0.05, 0) is 18.2 Å². The quantitative estimate of drug-likeness (QED) is 0.491. The normalized spacial score (nSPS) is 11.4. The lowest BCUT2D eigenvalue weighted by atomic mass is 10.3. The Bertz CT molecular complexity index is 381. The fourth-order valence-corrected chi connectivity index (χ4v) is 1.33. The van der Waals surface area contributed by atoms with E-state index in [1.54, 1.807) is 11.3 Å². The highest BCUT2D eigenvalue weighted by molar-refractivity contribution is 7.49.